The summed E-state index contributed by atoms with van der Waals surface area (Å²) in [5.41, 5.74) is 8.10. The quantitative estimate of drug-likeness (QED) is 0.413. The number of amidine groups is 1. The van der Waals surface area contributed by atoms with E-state index >= 15 is 0 Å². The molecule has 0 rings (SSSR count). The number of nitrogens with zero attached hydrogens (tertiary/aromatic N) is 1. The molecule has 2 N–H and O–H groups in total. The van der Waals surface area contributed by atoms with Crippen LogP contribution in [0.2, 0.25) is 0 Å². The zero-order chi connectivity index (χ0) is 11.1. The molecular weight excluding hydrogens is 172 g/mol. The number of rotatable bonds is 4. The third-order valence-electron chi connectivity index (χ3n) is 1.56. The van der Waals surface area contributed by atoms with E-state index in [4.69, 9.17) is 5.73 Å². The van der Waals surface area contributed by atoms with Crippen LogP contribution in [0, 0.1) is 0 Å². The van der Waals surface area contributed by atoms with Crippen molar-refractivity contribution in [3.8, 4) is 0 Å². The van der Waals surface area contributed by atoms with E-state index in [1.165, 1.54) is 0 Å². The predicted octanol–water partition coefficient (Wildman–Crippen LogP) is 2.96. The van der Waals surface area contributed by atoms with Gasteiger partial charge >= 0.3 is 0 Å². The minimum Gasteiger partial charge on any atom is -0.383 e. The van der Waals surface area contributed by atoms with E-state index < -0.39 is 0 Å². The fraction of sp³-hybridized carbons (Fsp3) is 0.250. The van der Waals surface area contributed by atoms with Crippen LogP contribution >= 0.6 is 0 Å². The molecule has 2 nitrogen and oxygen atoms in total. The Hall–Kier alpha value is -1.57. The second-order valence-electron chi connectivity index (χ2n) is 3.14. The molecule has 0 saturated heterocycles. The van der Waals surface area contributed by atoms with Crippen LogP contribution in [0.1, 0.15) is 20.8 Å². The summed E-state index contributed by atoms with van der Waals surface area (Å²) in [6, 6.07) is 0. The van der Waals surface area contributed by atoms with Crippen LogP contribution in [0.25, 0.3) is 0 Å². The zero-order valence-corrected chi connectivity index (χ0v) is 9.17. The molecule has 2 heteroatoms. The first-order chi connectivity index (χ1) is 6.49. The normalized spacial score (nSPS) is 13.4. The molecular formula is C12H18N2. The summed E-state index contributed by atoms with van der Waals surface area (Å²) in [4.78, 5) is 4.22. The highest BCUT2D eigenvalue weighted by Crippen LogP contribution is 2.09. The van der Waals surface area contributed by atoms with E-state index in [2.05, 4.69) is 18.2 Å². The van der Waals surface area contributed by atoms with Gasteiger partial charge < -0.3 is 5.73 Å². The molecule has 0 aromatic carbocycles. The van der Waals surface area contributed by atoms with Crippen LogP contribution < -0.4 is 5.73 Å². The van der Waals surface area contributed by atoms with Gasteiger partial charge in [0.05, 0.1) is 5.70 Å². The predicted molar refractivity (Wildman–Crippen MR) is 64.1 cm³/mol. The van der Waals surface area contributed by atoms with Crippen LogP contribution in [0.3, 0.4) is 0 Å². The van der Waals surface area contributed by atoms with Crippen LogP contribution in [-0.2, 0) is 0 Å². The Kier molecular flexibility index (Phi) is 5.30. The summed E-state index contributed by atoms with van der Waals surface area (Å²) < 4.78 is 0. The fourth-order valence-electron chi connectivity index (χ4n) is 0.688. The second-order valence-corrected chi connectivity index (χ2v) is 3.14. The average Bonchev–Trinajstić information content (AvgIpc) is 2.10. The lowest BCUT2D eigenvalue weighted by molar-refractivity contribution is 1.27. The van der Waals surface area contributed by atoms with Crippen molar-refractivity contribution in [3.63, 3.8) is 0 Å². The minimum absolute atomic E-state index is 0.448. The molecule has 0 radical (unpaired) electrons. The minimum atomic E-state index is 0.448. The van der Waals surface area contributed by atoms with E-state index in [1.54, 1.807) is 0 Å². The molecule has 0 unspecified atom stereocenters. The van der Waals surface area contributed by atoms with E-state index in [9.17, 15) is 0 Å². The first-order valence-electron chi connectivity index (χ1n) is 4.48. The van der Waals surface area contributed by atoms with Gasteiger partial charge in [-0.2, -0.15) is 0 Å². The average molecular weight is 190 g/mol. The maximum Gasteiger partial charge on any atom is 0.126 e. The van der Waals surface area contributed by atoms with Gasteiger partial charge in [0.2, 0.25) is 0 Å². The summed E-state index contributed by atoms with van der Waals surface area (Å²) in [5, 5.41) is 0. The number of hydrogen-bond donors (Lipinski definition) is 1. The molecule has 0 saturated carbocycles. The summed E-state index contributed by atoms with van der Waals surface area (Å²) in [7, 11) is 0. The molecule has 0 aliphatic heterocycles. The van der Waals surface area contributed by atoms with Crippen molar-refractivity contribution in [2.45, 2.75) is 20.8 Å². The molecule has 0 spiro atoms. The molecule has 0 heterocycles. The van der Waals surface area contributed by atoms with Gasteiger partial charge in [-0.25, -0.2) is 4.99 Å². The Balaban J connectivity index is 4.96. The monoisotopic (exact) mass is 190 g/mol. The maximum atomic E-state index is 5.67. The standard InChI is InChI=1S/C12H18N2/c1-6-7-8-11(9(2)3)14-12(13)10(4)5/h6-8H,2,4H2,1,3,5H3,(H2,13,14)/b7-6-,11-8+. The number of nitrogens with two attached hydrogens (primary N) is 1. The van der Waals surface area contributed by atoms with Crippen LogP contribution in [0.5, 0.6) is 0 Å². The van der Waals surface area contributed by atoms with E-state index in [0.717, 1.165) is 16.8 Å². The van der Waals surface area contributed by atoms with Gasteiger partial charge in [-0.05, 0) is 38.0 Å². The summed E-state index contributed by atoms with van der Waals surface area (Å²) in [5.74, 6) is 0.448. The lowest BCUT2D eigenvalue weighted by atomic mass is 10.2. The summed E-state index contributed by atoms with van der Waals surface area (Å²) in [6.45, 7) is 13.2. The number of hydrogen-bond acceptors (Lipinski definition) is 1. The fourth-order valence-corrected chi connectivity index (χ4v) is 0.688. The van der Waals surface area contributed by atoms with Crippen LogP contribution in [0.4, 0.5) is 0 Å². The van der Waals surface area contributed by atoms with E-state index in [1.807, 2.05) is 39.0 Å². The van der Waals surface area contributed by atoms with Crippen molar-refractivity contribution in [1.82, 2.24) is 0 Å². The summed E-state index contributed by atoms with van der Waals surface area (Å²) >= 11 is 0. The largest absolute Gasteiger partial charge is 0.383 e. The topological polar surface area (TPSA) is 38.4 Å². The lowest BCUT2D eigenvalue weighted by Crippen LogP contribution is -2.12. The Morgan fingerprint density at radius 1 is 1.21 bits per heavy atom. The van der Waals surface area contributed by atoms with Gasteiger partial charge in [0, 0.05) is 0 Å². The molecule has 0 aromatic rings. The van der Waals surface area contributed by atoms with Crippen molar-refractivity contribution in [1.29, 1.82) is 0 Å². The SMILES string of the molecule is C=C(C)C(N)=N/C(=C/C=C\C)C(=C)C. The highest BCUT2D eigenvalue weighted by Gasteiger charge is 1.97. The third kappa shape index (κ3) is 4.45. The smallest absolute Gasteiger partial charge is 0.126 e. The third-order valence-corrected chi connectivity index (χ3v) is 1.56. The molecule has 76 valence electrons. The lowest BCUT2D eigenvalue weighted by Gasteiger charge is -2.02. The van der Waals surface area contributed by atoms with Crippen molar-refractivity contribution in [2.24, 2.45) is 10.7 Å². The molecule has 0 amide bonds. The van der Waals surface area contributed by atoms with Crippen LogP contribution in [-0.4, -0.2) is 5.84 Å². The van der Waals surface area contributed by atoms with Gasteiger partial charge in [-0.3, -0.25) is 0 Å². The molecule has 0 fully saturated rings. The molecule has 14 heavy (non-hydrogen) atoms. The van der Waals surface area contributed by atoms with Gasteiger partial charge in [0.15, 0.2) is 0 Å². The first-order valence-corrected chi connectivity index (χ1v) is 4.48. The van der Waals surface area contributed by atoms with E-state index in [-0.39, 0.29) is 0 Å². The molecule has 0 aliphatic carbocycles. The first kappa shape index (κ1) is 12.4. The van der Waals surface area contributed by atoms with Crippen molar-refractivity contribution < 1.29 is 0 Å². The van der Waals surface area contributed by atoms with Gasteiger partial charge in [-0.15, -0.1) is 0 Å². The van der Waals surface area contributed by atoms with Crippen molar-refractivity contribution >= 4 is 5.84 Å². The second kappa shape index (κ2) is 5.97. The Morgan fingerprint density at radius 2 is 1.79 bits per heavy atom. The van der Waals surface area contributed by atoms with Crippen molar-refractivity contribution in [3.05, 3.63) is 48.2 Å². The highest BCUT2D eigenvalue weighted by molar-refractivity contribution is 5.96. The molecule has 0 aliphatic rings. The Morgan fingerprint density at radius 3 is 2.14 bits per heavy atom. The highest BCUT2D eigenvalue weighted by atomic mass is 14.9. The van der Waals surface area contributed by atoms with Gasteiger partial charge in [-0.1, -0.05) is 25.3 Å². The van der Waals surface area contributed by atoms with Gasteiger partial charge in [0.1, 0.15) is 5.84 Å². The van der Waals surface area contributed by atoms with Crippen LogP contribution in [0.15, 0.2) is 53.2 Å². The Labute approximate surface area is 86.2 Å². The maximum absolute atomic E-state index is 5.67. The van der Waals surface area contributed by atoms with Crippen molar-refractivity contribution in [2.75, 3.05) is 0 Å². The number of aliphatic imine (C=N–C) groups is 1. The zero-order valence-electron chi connectivity index (χ0n) is 9.17. The van der Waals surface area contributed by atoms with E-state index in [0.29, 0.717) is 5.84 Å². The number of allylic oxidation sites excluding steroid dienone is 4. The summed E-state index contributed by atoms with van der Waals surface area (Å²) in [6.07, 6.45) is 5.70. The molecule has 0 bridgehead atoms. The molecule has 0 atom stereocenters. The van der Waals surface area contributed by atoms with Gasteiger partial charge in [0.25, 0.3) is 0 Å². The Bertz CT molecular complexity index is 317. The molecule has 0 aromatic heterocycles.